The van der Waals surface area contributed by atoms with E-state index in [1.165, 1.54) is 12.3 Å². The van der Waals surface area contributed by atoms with Crippen LogP contribution in [0.5, 0.6) is 0 Å². The zero-order valence-corrected chi connectivity index (χ0v) is 26.5. The minimum atomic E-state index is -0.390. The summed E-state index contributed by atoms with van der Waals surface area (Å²) in [6.07, 6.45) is 17.6. The lowest BCUT2D eigenvalue weighted by atomic mass is 9.87. The van der Waals surface area contributed by atoms with Gasteiger partial charge in [0.05, 0.1) is 43.5 Å². The molecule has 3 saturated carbocycles. The smallest absolute Gasteiger partial charge is 0.330 e. The topological polar surface area (TPSA) is 108 Å². The second kappa shape index (κ2) is 22.3. The maximum absolute atomic E-state index is 12.8. The van der Waals surface area contributed by atoms with Gasteiger partial charge in [-0.1, -0.05) is 18.9 Å². The second-order valence-electron chi connectivity index (χ2n) is 11.9. The molecule has 0 amide bonds. The lowest BCUT2D eigenvalue weighted by Crippen LogP contribution is -2.33. The summed E-state index contributed by atoms with van der Waals surface area (Å²) in [5.41, 5.74) is 2.48. The molecule has 0 N–H and O–H groups in total. The van der Waals surface area contributed by atoms with E-state index in [1.54, 1.807) is 0 Å². The van der Waals surface area contributed by atoms with Crippen LogP contribution in [0.4, 0.5) is 0 Å². The summed E-state index contributed by atoms with van der Waals surface area (Å²) in [5.74, 6) is -0.477. The molecule has 3 rings (SSSR count). The van der Waals surface area contributed by atoms with Crippen molar-refractivity contribution in [3.05, 3.63) is 31.2 Å². The minimum absolute atomic E-state index is 0.0158. The fourth-order valence-electron chi connectivity index (χ4n) is 5.95. The molecule has 0 heterocycles. The van der Waals surface area contributed by atoms with E-state index in [9.17, 15) is 9.59 Å². The van der Waals surface area contributed by atoms with Gasteiger partial charge in [0, 0.05) is 19.3 Å². The number of ether oxygens (including phenoxy) is 6. The van der Waals surface area contributed by atoms with Gasteiger partial charge in [-0.25, -0.2) is 4.79 Å². The Hall–Kier alpha value is -2.20. The average Bonchev–Trinajstić information content (AvgIpc) is 3.05. The number of carbonyl (C=O) groups is 2. The van der Waals surface area contributed by atoms with Crippen molar-refractivity contribution in [2.75, 3.05) is 33.2 Å². The van der Waals surface area contributed by atoms with E-state index in [4.69, 9.17) is 38.2 Å². The van der Waals surface area contributed by atoms with Crippen molar-refractivity contribution in [2.45, 2.75) is 133 Å². The van der Waals surface area contributed by atoms with E-state index in [-0.39, 0.29) is 36.3 Å². The van der Waals surface area contributed by atoms with Crippen LogP contribution < -0.4 is 0 Å². The molecular weight excluding hydrogens is 568 g/mol. The number of unbranched alkanes of at least 4 members (excludes halogenated alkanes) is 2. The van der Waals surface area contributed by atoms with Gasteiger partial charge in [0.2, 0.25) is 0 Å². The summed E-state index contributed by atoms with van der Waals surface area (Å²) in [5, 5.41) is 0. The molecule has 0 aromatic rings. The second-order valence-corrected chi connectivity index (χ2v) is 11.9. The Labute approximate surface area is 263 Å². The highest BCUT2D eigenvalue weighted by Crippen LogP contribution is 2.30. The summed E-state index contributed by atoms with van der Waals surface area (Å²) in [6.45, 7) is 9.38. The summed E-state index contributed by atoms with van der Waals surface area (Å²) < 4.78 is 34.9. The summed E-state index contributed by atoms with van der Waals surface area (Å²) in [4.78, 5) is 33.5. The molecule has 0 unspecified atom stereocenters. The number of rotatable bonds is 21. The van der Waals surface area contributed by atoms with Crippen LogP contribution in [0, 0.1) is 5.92 Å². The number of carbonyl (C=O) groups excluding carboxylic acids is 2. The molecule has 0 bridgehead atoms. The van der Waals surface area contributed by atoms with E-state index in [0.717, 1.165) is 109 Å². The average molecular weight is 623 g/mol. The quantitative estimate of drug-likeness (QED) is 0.0212. The Morgan fingerprint density at radius 1 is 0.636 bits per heavy atom. The van der Waals surface area contributed by atoms with Crippen molar-refractivity contribution >= 4 is 11.9 Å². The normalized spacial score (nSPS) is 27.1. The fraction of sp³-hybridized carbons (Fsp3) is 0.794. The van der Waals surface area contributed by atoms with Gasteiger partial charge in [0.25, 0.3) is 0 Å². The summed E-state index contributed by atoms with van der Waals surface area (Å²) in [7, 11) is 0. The molecule has 250 valence electrons. The van der Waals surface area contributed by atoms with Gasteiger partial charge in [-0.2, -0.15) is 4.89 Å². The molecule has 3 aliphatic carbocycles. The molecule has 0 radical (unpaired) electrons. The fourth-order valence-corrected chi connectivity index (χ4v) is 5.95. The Kier molecular flexibility index (Phi) is 18.4. The first-order chi connectivity index (χ1) is 21.6. The molecule has 0 spiro atoms. The molecule has 0 aromatic carbocycles. The van der Waals surface area contributed by atoms with Gasteiger partial charge in [0.15, 0.2) is 6.26 Å². The lowest BCUT2D eigenvalue weighted by Gasteiger charge is -2.32. The molecule has 44 heavy (non-hydrogen) atoms. The predicted octanol–water partition coefficient (Wildman–Crippen LogP) is 6.27. The van der Waals surface area contributed by atoms with Crippen LogP contribution >= 0.6 is 0 Å². The van der Waals surface area contributed by atoms with Crippen molar-refractivity contribution in [2.24, 2.45) is 5.92 Å². The monoisotopic (exact) mass is 622 g/mol. The van der Waals surface area contributed by atoms with Crippen molar-refractivity contribution in [3.8, 4) is 0 Å². The Morgan fingerprint density at radius 3 is 1.66 bits per heavy atom. The van der Waals surface area contributed by atoms with Gasteiger partial charge >= 0.3 is 11.9 Å². The Balaban J connectivity index is 1.13. The van der Waals surface area contributed by atoms with Crippen LogP contribution in [0.3, 0.4) is 0 Å². The molecule has 0 aliphatic heterocycles. The molecule has 3 fully saturated rings. The molecular formula is C34H54O10. The maximum Gasteiger partial charge on any atom is 0.330 e. The van der Waals surface area contributed by atoms with Crippen LogP contribution in [0.25, 0.3) is 0 Å². The van der Waals surface area contributed by atoms with Crippen molar-refractivity contribution in [1.29, 1.82) is 0 Å². The van der Waals surface area contributed by atoms with E-state index in [0.29, 0.717) is 32.7 Å². The van der Waals surface area contributed by atoms with Crippen molar-refractivity contribution < 1.29 is 47.8 Å². The van der Waals surface area contributed by atoms with Gasteiger partial charge in [-0.15, -0.1) is 0 Å². The largest absolute Gasteiger partial charge is 0.463 e. The van der Waals surface area contributed by atoms with Crippen LogP contribution in [0.15, 0.2) is 31.2 Å². The van der Waals surface area contributed by atoms with Crippen LogP contribution in [-0.4, -0.2) is 75.7 Å². The zero-order valence-electron chi connectivity index (χ0n) is 26.5. The van der Waals surface area contributed by atoms with E-state index in [1.807, 2.05) is 0 Å². The lowest BCUT2D eigenvalue weighted by molar-refractivity contribution is -0.249. The predicted molar refractivity (Wildman–Crippen MR) is 163 cm³/mol. The first kappa shape index (κ1) is 36.3. The van der Waals surface area contributed by atoms with Gasteiger partial charge in [-0.05, 0) is 103 Å². The molecule has 0 aromatic heterocycles. The van der Waals surface area contributed by atoms with Gasteiger partial charge < -0.3 is 33.3 Å². The molecule has 3 aliphatic rings. The van der Waals surface area contributed by atoms with E-state index < -0.39 is 5.97 Å². The highest BCUT2D eigenvalue weighted by Gasteiger charge is 2.31. The Morgan fingerprint density at radius 2 is 1.11 bits per heavy atom. The van der Waals surface area contributed by atoms with Gasteiger partial charge in [0.1, 0.15) is 12.9 Å². The summed E-state index contributed by atoms with van der Waals surface area (Å²) >= 11 is 0. The third kappa shape index (κ3) is 15.2. The van der Waals surface area contributed by atoms with Crippen LogP contribution in [0.1, 0.15) is 103 Å². The minimum Gasteiger partial charge on any atom is -0.463 e. The molecule has 10 nitrogen and oxygen atoms in total. The van der Waals surface area contributed by atoms with Crippen molar-refractivity contribution in [1.82, 2.24) is 0 Å². The van der Waals surface area contributed by atoms with Crippen LogP contribution in [0.2, 0.25) is 0 Å². The molecule has 0 saturated heterocycles. The zero-order chi connectivity index (χ0) is 31.2. The number of hydrogen-bond acceptors (Lipinski definition) is 10. The van der Waals surface area contributed by atoms with Gasteiger partial charge in [-0.3, -0.25) is 4.79 Å². The highest BCUT2D eigenvalue weighted by molar-refractivity contribution is 5.81. The molecule has 10 heteroatoms. The first-order valence-corrected chi connectivity index (χ1v) is 16.7. The first-order valence-electron chi connectivity index (χ1n) is 16.7. The third-order valence-electron chi connectivity index (χ3n) is 8.62. The third-order valence-corrected chi connectivity index (χ3v) is 8.62. The maximum atomic E-state index is 12.8. The van der Waals surface area contributed by atoms with E-state index >= 15 is 0 Å². The van der Waals surface area contributed by atoms with Crippen molar-refractivity contribution in [3.63, 3.8) is 0 Å². The Bertz CT molecular complexity index is 848. The highest BCUT2D eigenvalue weighted by atomic mass is 17.2. The summed E-state index contributed by atoms with van der Waals surface area (Å²) in [6, 6.07) is 0. The van der Waals surface area contributed by atoms with E-state index in [2.05, 4.69) is 18.9 Å². The SMILES string of the molecule is C=C=COOCCCCOC1CCC(OCOC2CCC(OC(=O)C3CCC(OCCCCOC(=O)C=C)CC3)CC2)CC1. The molecule has 0 atom stereocenters. The van der Waals surface area contributed by atoms with Crippen LogP contribution in [-0.2, 0) is 47.8 Å². The standard InChI is InChI=1S/C34H54O10/c1-3-21-42-43-25-8-7-23-38-29-13-15-30(16-14-29)40-26-41-31-17-19-32(20-18-31)44-34(36)27-9-11-28(12-10-27)37-22-5-6-24-39-33(35)4-2/h4,21,27-32H,1-2,5-20,22-26H2. The number of hydrogen-bond donors (Lipinski definition) is 0. The number of esters is 2.